The molecule has 3 N–H and O–H groups in total. The number of aliphatic hydroxyl groups is 2. The highest BCUT2D eigenvalue weighted by molar-refractivity contribution is 7.13. The van der Waals surface area contributed by atoms with Crippen molar-refractivity contribution in [1.82, 2.24) is 15.4 Å². The van der Waals surface area contributed by atoms with Crippen LogP contribution in [0.2, 0.25) is 0 Å². The van der Waals surface area contributed by atoms with E-state index in [1.165, 1.54) is 11.3 Å². The van der Waals surface area contributed by atoms with Crippen LogP contribution in [0, 0.1) is 5.92 Å². The highest BCUT2D eigenvalue weighted by Gasteiger charge is 2.34. The Morgan fingerprint density at radius 3 is 2.74 bits per heavy atom. The molecule has 1 aliphatic heterocycles. The molecule has 1 saturated heterocycles. The zero-order valence-electron chi connectivity index (χ0n) is 17.5. The van der Waals surface area contributed by atoms with E-state index in [0.29, 0.717) is 40.7 Å². The topological polar surface area (TPSA) is 99.4 Å². The van der Waals surface area contributed by atoms with Crippen LogP contribution in [0.15, 0.2) is 28.7 Å². The van der Waals surface area contributed by atoms with Crippen LogP contribution < -0.4 is 14.8 Å². The Morgan fingerprint density at radius 2 is 2.10 bits per heavy atom. The quantitative estimate of drug-likeness (QED) is 0.336. The van der Waals surface area contributed by atoms with Gasteiger partial charge in [0, 0.05) is 30.1 Å². The van der Waals surface area contributed by atoms with Crippen LogP contribution in [0.5, 0.6) is 11.5 Å². The number of nitrogens with zero attached hydrogens (tertiary/aromatic N) is 3. The van der Waals surface area contributed by atoms with Crippen LogP contribution in [-0.4, -0.2) is 79.1 Å². The Labute approximate surface area is 185 Å². The van der Waals surface area contributed by atoms with Crippen molar-refractivity contribution in [3.8, 4) is 22.1 Å². The maximum Gasteiger partial charge on any atom is 0.155 e. The number of rotatable bonds is 12. The molecular weight excluding hydrogens is 423 g/mol. The van der Waals surface area contributed by atoms with Crippen LogP contribution >= 0.6 is 11.3 Å². The lowest BCUT2D eigenvalue weighted by atomic mass is 10.1. The molecular formula is C21H29FN4O4S. The van der Waals surface area contributed by atoms with E-state index in [0.717, 1.165) is 11.5 Å². The molecule has 2 aromatic rings. The van der Waals surface area contributed by atoms with Crippen LogP contribution in [0.1, 0.15) is 12.8 Å². The maximum absolute atomic E-state index is 14.6. The van der Waals surface area contributed by atoms with Crippen LogP contribution in [-0.2, 0) is 0 Å². The second-order valence-electron chi connectivity index (χ2n) is 7.45. The summed E-state index contributed by atoms with van der Waals surface area (Å²) in [6.45, 7) is 4.19. The molecule has 2 heterocycles. The van der Waals surface area contributed by atoms with Crippen molar-refractivity contribution in [1.29, 1.82) is 0 Å². The van der Waals surface area contributed by atoms with Gasteiger partial charge in [-0.25, -0.2) is 4.98 Å². The first kappa shape index (κ1) is 23.6. The number of aromatic nitrogens is 1. The van der Waals surface area contributed by atoms with E-state index in [4.69, 9.17) is 9.47 Å². The number of benzene rings is 1. The van der Waals surface area contributed by atoms with Crippen molar-refractivity contribution in [3.63, 3.8) is 0 Å². The monoisotopic (exact) mass is 452 g/mol. The lowest BCUT2D eigenvalue weighted by Crippen LogP contribution is -2.37. The fraction of sp³-hybridized carbons (Fsp3) is 0.524. The van der Waals surface area contributed by atoms with Gasteiger partial charge < -0.3 is 25.0 Å². The third-order valence-corrected chi connectivity index (χ3v) is 6.07. The van der Waals surface area contributed by atoms with E-state index in [9.17, 15) is 14.7 Å². The SMILES string of the molecule is C=Nc1cc(OCC(CO)CO)cc(-c2nccs2)c1OCC1CCC(CNC)N1F. The lowest BCUT2D eigenvalue weighted by molar-refractivity contribution is -0.0410. The summed E-state index contributed by atoms with van der Waals surface area (Å²) in [4.78, 5) is 8.45. The molecule has 0 spiro atoms. The molecule has 0 bridgehead atoms. The number of hydrogen-bond acceptors (Lipinski definition) is 9. The molecule has 3 rings (SSSR count). The average Bonchev–Trinajstić information content (AvgIpc) is 3.44. The zero-order valence-corrected chi connectivity index (χ0v) is 18.4. The smallest absolute Gasteiger partial charge is 0.155 e. The molecule has 2 atom stereocenters. The van der Waals surface area contributed by atoms with Crippen LogP contribution in [0.4, 0.5) is 10.2 Å². The first-order valence-corrected chi connectivity index (χ1v) is 11.1. The van der Waals surface area contributed by atoms with Crippen molar-refractivity contribution in [2.75, 3.05) is 40.0 Å². The highest BCUT2D eigenvalue weighted by atomic mass is 32.1. The summed E-state index contributed by atoms with van der Waals surface area (Å²) in [7, 11) is 1.81. The maximum atomic E-state index is 14.6. The van der Waals surface area contributed by atoms with Gasteiger partial charge in [-0.15, -0.1) is 20.9 Å². The summed E-state index contributed by atoms with van der Waals surface area (Å²) in [6.07, 6.45) is 3.16. The average molecular weight is 453 g/mol. The number of hydrogen-bond donors (Lipinski definition) is 3. The van der Waals surface area contributed by atoms with Crippen molar-refractivity contribution in [2.24, 2.45) is 10.9 Å². The minimum atomic E-state index is -0.386. The molecule has 8 nitrogen and oxygen atoms in total. The van der Waals surface area contributed by atoms with Crippen molar-refractivity contribution < 1.29 is 24.2 Å². The number of aliphatic hydroxyl groups excluding tert-OH is 2. The normalized spacial score (nSPS) is 19.1. The second kappa shape index (κ2) is 11.5. The summed E-state index contributed by atoms with van der Waals surface area (Å²) in [5.74, 6) is 0.584. The fourth-order valence-electron chi connectivity index (χ4n) is 3.52. The highest BCUT2D eigenvalue weighted by Crippen LogP contribution is 2.43. The summed E-state index contributed by atoms with van der Waals surface area (Å²) in [5, 5.41) is 25.0. The number of thiazole rings is 1. The van der Waals surface area contributed by atoms with Gasteiger partial charge in [0.25, 0.3) is 0 Å². The van der Waals surface area contributed by atoms with Gasteiger partial charge in [0.15, 0.2) is 5.75 Å². The van der Waals surface area contributed by atoms with Crippen molar-refractivity contribution >= 4 is 23.7 Å². The van der Waals surface area contributed by atoms with E-state index in [-0.39, 0.29) is 44.4 Å². The summed E-state index contributed by atoms with van der Waals surface area (Å²) < 4.78 is 26.5. The Balaban J connectivity index is 1.82. The predicted octanol–water partition coefficient (Wildman–Crippen LogP) is 2.44. The number of ether oxygens (including phenoxy) is 2. The Bertz CT molecular complexity index is 835. The van der Waals surface area contributed by atoms with Crippen LogP contribution in [0.3, 0.4) is 0 Å². The molecule has 2 unspecified atom stereocenters. The number of halogens is 1. The minimum Gasteiger partial charge on any atom is -0.493 e. The number of likely N-dealkylation sites (N-methyl/N-ethyl adjacent to an activating group) is 1. The van der Waals surface area contributed by atoms with E-state index >= 15 is 0 Å². The standard InChI is InChI=1S/C21H29FN4O4S/c1-23-9-15-3-4-16(26(15)22)13-30-20-18(21-25-5-6-31-21)7-17(8-19(20)24-2)29-12-14(10-27)11-28/h5-8,14-16,23,27-28H,2-4,9-13H2,1H3. The zero-order chi connectivity index (χ0) is 22.2. The molecule has 0 saturated carbocycles. The number of aliphatic imine (C=N–C) groups is 1. The van der Waals surface area contributed by atoms with Gasteiger partial charge in [-0.05, 0) is 32.7 Å². The van der Waals surface area contributed by atoms with E-state index in [1.807, 2.05) is 12.4 Å². The van der Waals surface area contributed by atoms with Crippen molar-refractivity contribution in [3.05, 3.63) is 23.7 Å². The predicted molar refractivity (Wildman–Crippen MR) is 119 cm³/mol. The molecule has 1 aromatic carbocycles. The minimum absolute atomic E-state index is 0.146. The Morgan fingerprint density at radius 1 is 1.32 bits per heavy atom. The van der Waals surface area contributed by atoms with Gasteiger partial charge >= 0.3 is 0 Å². The molecule has 0 radical (unpaired) electrons. The van der Waals surface area contributed by atoms with E-state index in [1.54, 1.807) is 18.3 Å². The van der Waals surface area contributed by atoms with E-state index in [2.05, 4.69) is 22.0 Å². The third-order valence-electron chi connectivity index (χ3n) is 5.27. The van der Waals surface area contributed by atoms with Gasteiger partial charge in [-0.2, -0.15) is 0 Å². The van der Waals surface area contributed by atoms with Gasteiger partial charge in [0.1, 0.15) is 23.1 Å². The molecule has 10 heteroatoms. The van der Waals surface area contributed by atoms with E-state index < -0.39 is 0 Å². The first-order chi connectivity index (χ1) is 15.1. The van der Waals surface area contributed by atoms with Gasteiger partial charge in [-0.1, -0.05) is 0 Å². The Hall–Kier alpha value is -2.11. The summed E-state index contributed by atoms with van der Waals surface area (Å²) >= 11 is 1.44. The molecule has 1 aromatic heterocycles. The number of nitrogens with one attached hydrogen (secondary N) is 1. The second-order valence-corrected chi connectivity index (χ2v) is 8.35. The largest absolute Gasteiger partial charge is 0.493 e. The van der Waals surface area contributed by atoms with Gasteiger partial charge in [0.05, 0.1) is 37.5 Å². The van der Waals surface area contributed by atoms with Gasteiger partial charge in [-0.3, -0.25) is 4.99 Å². The molecule has 0 aliphatic carbocycles. The summed E-state index contributed by atoms with van der Waals surface area (Å²) in [5.41, 5.74) is 1.14. The first-order valence-electron chi connectivity index (χ1n) is 10.2. The third kappa shape index (κ3) is 5.78. The van der Waals surface area contributed by atoms with Crippen molar-refractivity contribution in [2.45, 2.75) is 24.9 Å². The molecule has 0 amide bonds. The lowest BCUT2D eigenvalue weighted by Gasteiger charge is -2.22. The summed E-state index contributed by atoms with van der Waals surface area (Å²) in [6, 6.07) is 2.96. The fourth-order valence-corrected chi connectivity index (χ4v) is 4.17. The van der Waals surface area contributed by atoms with Crippen LogP contribution in [0.25, 0.3) is 10.6 Å². The molecule has 170 valence electrons. The van der Waals surface area contributed by atoms with Gasteiger partial charge in [0.2, 0.25) is 0 Å². The molecule has 1 aliphatic rings. The molecule has 31 heavy (non-hydrogen) atoms. The molecule has 1 fully saturated rings. The Kier molecular flexibility index (Phi) is 8.73.